The highest BCUT2D eigenvalue weighted by Crippen LogP contribution is 2.32. The molecule has 2 aromatic carbocycles. The van der Waals surface area contributed by atoms with E-state index in [1.54, 1.807) is 6.07 Å². The van der Waals surface area contributed by atoms with E-state index in [0.717, 1.165) is 21.9 Å². The highest BCUT2D eigenvalue weighted by molar-refractivity contribution is 5.64. The van der Waals surface area contributed by atoms with E-state index in [-0.39, 0.29) is 11.3 Å². The van der Waals surface area contributed by atoms with Gasteiger partial charge in [0, 0.05) is 24.8 Å². The SMILES string of the molecule is Cc1ccccc1CNc1ccc(-c2cc(C(F)(F)F)nn2C)c(F)c1. The fraction of sp³-hybridized carbons (Fsp3) is 0.211. The molecule has 136 valence electrons. The summed E-state index contributed by atoms with van der Waals surface area (Å²) < 4.78 is 53.8. The first-order valence-corrected chi connectivity index (χ1v) is 7.95. The molecule has 0 saturated heterocycles. The molecule has 1 heterocycles. The van der Waals surface area contributed by atoms with Crippen LogP contribution in [0.4, 0.5) is 23.2 Å². The van der Waals surface area contributed by atoms with E-state index in [9.17, 15) is 17.6 Å². The highest BCUT2D eigenvalue weighted by atomic mass is 19.4. The average Bonchev–Trinajstić information content (AvgIpc) is 2.96. The van der Waals surface area contributed by atoms with Gasteiger partial charge in [-0.05, 0) is 42.3 Å². The van der Waals surface area contributed by atoms with Gasteiger partial charge in [0.15, 0.2) is 5.69 Å². The number of alkyl halides is 3. The van der Waals surface area contributed by atoms with Crippen LogP contribution in [0, 0.1) is 12.7 Å². The second-order valence-electron chi connectivity index (χ2n) is 6.01. The molecular formula is C19H17F4N3. The van der Waals surface area contributed by atoms with Gasteiger partial charge in [-0.15, -0.1) is 0 Å². The topological polar surface area (TPSA) is 29.9 Å². The molecule has 0 spiro atoms. The minimum Gasteiger partial charge on any atom is -0.381 e. The molecular weight excluding hydrogens is 346 g/mol. The summed E-state index contributed by atoms with van der Waals surface area (Å²) >= 11 is 0. The molecule has 7 heteroatoms. The Morgan fingerprint density at radius 1 is 1.08 bits per heavy atom. The largest absolute Gasteiger partial charge is 0.435 e. The van der Waals surface area contributed by atoms with Crippen molar-refractivity contribution < 1.29 is 17.6 Å². The van der Waals surface area contributed by atoms with Gasteiger partial charge in [0.25, 0.3) is 0 Å². The Hall–Kier alpha value is -2.83. The van der Waals surface area contributed by atoms with E-state index in [4.69, 9.17) is 0 Å². The smallest absolute Gasteiger partial charge is 0.381 e. The molecule has 0 amide bonds. The first-order chi connectivity index (χ1) is 12.3. The number of nitrogens with zero attached hydrogens (tertiary/aromatic N) is 2. The monoisotopic (exact) mass is 363 g/mol. The predicted molar refractivity (Wildman–Crippen MR) is 92.1 cm³/mol. The normalized spacial score (nSPS) is 11.6. The zero-order chi connectivity index (χ0) is 18.9. The molecule has 0 saturated carbocycles. The fourth-order valence-corrected chi connectivity index (χ4v) is 2.70. The number of nitrogens with one attached hydrogen (secondary N) is 1. The average molecular weight is 363 g/mol. The lowest BCUT2D eigenvalue weighted by Gasteiger charge is -2.11. The predicted octanol–water partition coefficient (Wildman–Crippen LogP) is 5.17. The number of benzene rings is 2. The van der Waals surface area contributed by atoms with Crippen LogP contribution < -0.4 is 5.32 Å². The molecule has 3 nitrogen and oxygen atoms in total. The molecule has 1 N–H and O–H groups in total. The number of rotatable bonds is 4. The number of hydrogen-bond donors (Lipinski definition) is 1. The van der Waals surface area contributed by atoms with Gasteiger partial charge in [0.1, 0.15) is 5.82 Å². The van der Waals surface area contributed by atoms with E-state index in [1.807, 2.05) is 31.2 Å². The molecule has 0 bridgehead atoms. The molecule has 0 aliphatic carbocycles. The summed E-state index contributed by atoms with van der Waals surface area (Å²) in [5, 5.41) is 6.54. The number of aromatic nitrogens is 2. The van der Waals surface area contributed by atoms with Crippen LogP contribution in [0.25, 0.3) is 11.3 Å². The lowest BCUT2D eigenvalue weighted by molar-refractivity contribution is -0.141. The lowest BCUT2D eigenvalue weighted by Crippen LogP contribution is -2.06. The summed E-state index contributed by atoms with van der Waals surface area (Å²) in [6.45, 7) is 2.51. The summed E-state index contributed by atoms with van der Waals surface area (Å²) in [5.41, 5.74) is 1.84. The van der Waals surface area contributed by atoms with Crippen LogP contribution in [0.3, 0.4) is 0 Å². The molecule has 0 radical (unpaired) electrons. The molecule has 26 heavy (non-hydrogen) atoms. The summed E-state index contributed by atoms with van der Waals surface area (Å²) in [4.78, 5) is 0. The van der Waals surface area contributed by atoms with E-state index < -0.39 is 17.7 Å². The summed E-state index contributed by atoms with van der Waals surface area (Å²) in [6, 6.07) is 13.0. The van der Waals surface area contributed by atoms with E-state index in [0.29, 0.717) is 12.2 Å². The summed E-state index contributed by atoms with van der Waals surface area (Å²) in [5.74, 6) is -0.614. The van der Waals surface area contributed by atoms with Crippen molar-refractivity contribution in [2.75, 3.05) is 5.32 Å². The van der Waals surface area contributed by atoms with Crippen molar-refractivity contribution in [3.05, 3.63) is 71.2 Å². The molecule has 0 unspecified atom stereocenters. The zero-order valence-corrected chi connectivity index (χ0v) is 14.2. The van der Waals surface area contributed by atoms with Crippen LogP contribution in [0.15, 0.2) is 48.5 Å². The van der Waals surface area contributed by atoms with E-state index >= 15 is 0 Å². The maximum absolute atomic E-state index is 14.5. The minimum absolute atomic E-state index is 0.0666. The molecule has 0 aliphatic heterocycles. The molecule has 0 fully saturated rings. The van der Waals surface area contributed by atoms with Gasteiger partial charge in [0.2, 0.25) is 0 Å². The van der Waals surface area contributed by atoms with Crippen LogP contribution in [-0.4, -0.2) is 9.78 Å². The standard InChI is InChI=1S/C19H17F4N3/c1-12-5-3-4-6-13(12)11-24-14-7-8-15(16(20)9-14)17-10-18(19(21,22)23)25-26(17)2/h3-10,24H,11H2,1-2H3. The Labute approximate surface area is 148 Å². The maximum atomic E-state index is 14.5. The third kappa shape index (κ3) is 3.71. The maximum Gasteiger partial charge on any atom is 0.435 e. The number of halogens is 4. The number of aryl methyl sites for hydroxylation is 2. The molecule has 0 atom stereocenters. The second kappa shape index (κ2) is 6.82. The van der Waals surface area contributed by atoms with Crippen LogP contribution in [0.2, 0.25) is 0 Å². The third-order valence-corrected chi connectivity index (χ3v) is 4.16. The van der Waals surface area contributed by atoms with Crippen LogP contribution in [0.5, 0.6) is 0 Å². The van der Waals surface area contributed by atoms with Crippen molar-refractivity contribution in [1.29, 1.82) is 0 Å². The number of anilines is 1. The van der Waals surface area contributed by atoms with Crippen LogP contribution in [0.1, 0.15) is 16.8 Å². The highest BCUT2D eigenvalue weighted by Gasteiger charge is 2.34. The van der Waals surface area contributed by atoms with Crippen molar-refractivity contribution in [2.24, 2.45) is 7.05 Å². The van der Waals surface area contributed by atoms with Crippen molar-refractivity contribution in [1.82, 2.24) is 9.78 Å². The Morgan fingerprint density at radius 3 is 2.42 bits per heavy atom. The summed E-state index contributed by atoms with van der Waals surface area (Å²) in [7, 11) is 1.36. The van der Waals surface area contributed by atoms with Gasteiger partial charge < -0.3 is 5.32 Å². The molecule has 3 aromatic rings. The van der Waals surface area contributed by atoms with Crippen molar-refractivity contribution in [2.45, 2.75) is 19.6 Å². The first-order valence-electron chi connectivity index (χ1n) is 7.95. The summed E-state index contributed by atoms with van der Waals surface area (Å²) in [6.07, 6.45) is -4.57. The molecule has 1 aromatic heterocycles. The van der Waals surface area contributed by atoms with Gasteiger partial charge in [-0.25, -0.2) is 4.39 Å². The van der Waals surface area contributed by atoms with E-state index in [2.05, 4.69) is 10.4 Å². The van der Waals surface area contributed by atoms with Gasteiger partial charge in [0.05, 0.1) is 5.69 Å². The van der Waals surface area contributed by atoms with Crippen LogP contribution >= 0.6 is 0 Å². The van der Waals surface area contributed by atoms with Crippen molar-refractivity contribution >= 4 is 5.69 Å². The quantitative estimate of drug-likeness (QED) is 0.649. The Morgan fingerprint density at radius 2 is 1.81 bits per heavy atom. The minimum atomic E-state index is -4.57. The zero-order valence-electron chi connectivity index (χ0n) is 14.2. The Kier molecular flexibility index (Phi) is 4.71. The Balaban J connectivity index is 1.82. The van der Waals surface area contributed by atoms with Gasteiger partial charge >= 0.3 is 6.18 Å². The van der Waals surface area contributed by atoms with Crippen molar-refractivity contribution in [3.8, 4) is 11.3 Å². The third-order valence-electron chi connectivity index (χ3n) is 4.16. The molecule has 0 aliphatic rings. The van der Waals surface area contributed by atoms with Crippen molar-refractivity contribution in [3.63, 3.8) is 0 Å². The lowest BCUT2D eigenvalue weighted by atomic mass is 10.1. The van der Waals surface area contributed by atoms with Crippen LogP contribution in [-0.2, 0) is 19.8 Å². The Bertz CT molecular complexity index is 929. The van der Waals surface area contributed by atoms with Gasteiger partial charge in [-0.1, -0.05) is 24.3 Å². The van der Waals surface area contributed by atoms with Gasteiger partial charge in [-0.3, -0.25) is 4.68 Å². The molecule has 3 rings (SSSR count). The van der Waals surface area contributed by atoms with E-state index in [1.165, 1.54) is 19.2 Å². The van der Waals surface area contributed by atoms with Gasteiger partial charge in [-0.2, -0.15) is 18.3 Å². The number of hydrogen-bond acceptors (Lipinski definition) is 2. The first kappa shape index (κ1) is 18.0. The fourth-order valence-electron chi connectivity index (χ4n) is 2.70. The second-order valence-corrected chi connectivity index (χ2v) is 6.01.